The molecule has 1 atom stereocenters. The lowest BCUT2D eigenvalue weighted by atomic mass is 9.88. The van der Waals surface area contributed by atoms with Crippen LogP contribution < -0.4 is 10.6 Å². The number of halogens is 1. The first-order valence-corrected chi connectivity index (χ1v) is 11.1. The first-order valence-electron chi connectivity index (χ1n) is 11.1. The van der Waals surface area contributed by atoms with Crippen molar-refractivity contribution in [1.82, 2.24) is 15.5 Å². The second-order valence-corrected chi connectivity index (χ2v) is 8.22. The number of nitrogens with one attached hydrogen (secondary N) is 2. The molecule has 1 aliphatic rings. The molecule has 1 aliphatic heterocycles. The lowest BCUT2D eigenvalue weighted by molar-refractivity contribution is -0.124. The number of amides is 3. The van der Waals surface area contributed by atoms with Gasteiger partial charge in [-0.2, -0.15) is 0 Å². The zero-order valence-corrected chi connectivity index (χ0v) is 18.6. The normalized spacial score (nSPS) is 15.2. The van der Waals surface area contributed by atoms with E-state index in [1.807, 2.05) is 26.0 Å². The fourth-order valence-corrected chi connectivity index (χ4v) is 3.93. The van der Waals surface area contributed by atoms with Crippen molar-refractivity contribution in [2.45, 2.75) is 39.2 Å². The van der Waals surface area contributed by atoms with Crippen LogP contribution in [0.15, 0.2) is 48.5 Å². The van der Waals surface area contributed by atoms with Gasteiger partial charge in [-0.3, -0.25) is 14.4 Å². The molecule has 0 aromatic heterocycles. The van der Waals surface area contributed by atoms with Crippen molar-refractivity contribution in [2.75, 3.05) is 19.6 Å². The molecule has 2 N–H and O–H groups in total. The molecule has 1 fully saturated rings. The number of likely N-dealkylation sites (tertiary alicyclic amines) is 1. The lowest BCUT2D eigenvalue weighted by Crippen LogP contribution is -2.54. The van der Waals surface area contributed by atoms with Crippen LogP contribution in [0, 0.1) is 18.7 Å². The summed E-state index contributed by atoms with van der Waals surface area (Å²) in [4.78, 5) is 39.9. The van der Waals surface area contributed by atoms with Gasteiger partial charge in [0.05, 0.1) is 5.56 Å². The maximum atomic E-state index is 14.0. The zero-order chi connectivity index (χ0) is 23.1. The van der Waals surface area contributed by atoms with E-state index in [9.17, 15) is 18.8 Å². The predicted molar refractivity (Wildman–Crippen MR) is 121 cm³/mol. The highest BCUT2D eigenvalue weighted by molar-refractivity contribution is 5.98. The molecule has 3 amide bonds. The molecule has 0 unspecified atom stereocenters. The van der Waals surface area contributed by atoms with Crippen molar-refractivity contribution in [3.8, 4) is 0 Å². The molecule has 2 aromatic carbocycles. The highest BCUT2D eigenvalue weighted by Crippen LogP contribution is 2.23. The Balaban J connectivity index is 1.68. The Bertz CT molecular complexity index is 953. The van der Waals surface area contributed by atoms with Crippen LogP contribution in [0.1, 0.15) is 52.5 Å². The summed E-state index contributed by atoms with van der Waals surface area (Å²) in [6.45, 7) is 5.23. The highest BCUT2D eigenvalue weighted by atomic mass is 19.1. The van der Waals surface area contributed by atoms with Crippen molar-refractivity contribution >= 4 is 17.7 Å². The van der Waals surface area contributed by atoms with Gasteiger partial charge in [0.2, 0.25) is 5.91 Å². The molecular weight excluding hydrogens is 409 g/mol. The summed E-state index contributed by atoms with van der Waals surface area (Å²) in [6.07, 6.45) is 1.87. The van der Waals surface area contributed by atoms with Crippen LogP contribution in [0.5, 0.6) is 0 Å². The van der Waals surface area contributed by atoms with Crippen LogP contribution in [0.3, 0.4) is 0 Å². The van der Waals surface area contributed by atoms with Crippen LogP contribution in [-0.4, -0.2) is 48.3 Å². The Hall–Kier alpha value is -3.22. The van der Waals surface area contributed by atoms with Crippen molar-refractivity contribution in [3.05, 3.63) is 71.0 Å². The quantitative estimate of drug-likeness (QED) is 0.695. The fourth-order valence-electron chi connectivity index (χ4n) is 3.93. The summed E-state index contributed by atoms with van der Waals surface area (Å²) >= 11 is 0. The molecule has 1 heterocycles. The molecule has 0 radical (unpaired) electrons. The molecule has 0 aliphatic carbocycles. The first-order chi connectivity index (χ1) is 15.4. The minimum absolute atomic E-state index is 0.0517. The van der Waals surface area contributed by atoms with Gasteiger partial charge in [-0.15, -0.1) is 0 Å². The number of piperidine rings is 1. The standard InChI is InChI=1S/C25H30FN3O3/c1-3-14-27-24(31)22(28-23(30)19-10-8-17(2)9-11-19)18-12-15-29(16-13-18)25(32)20-6-4-5-7-21(20)26/h4-11,18,22H,3,12-16H2,1-2H3,(H,27,31)(H,28,30)/t22-/m1/s1. The van der Waals surface area contributed by atoms with Gasteiger partial charge in [-0.25, -0.2) is 4.39 Å². The number of rotatable bonds is 7. The number of hydrogen-bond acceptors (Lipinski definition) is 3. The average Bonchev–Trinajstić information content (AvgIpc) is 2.81. The molecule has 170 valence electrons. The van der Waals surface area contributed by atoms with Gasteiger partial charge in [0.15, 0.2) is 0 Å². The summed E-state index contributed by atoms with van der Waals surface area (Å²) < 4.78 is 14.0. The summed E-state index contributed by atoms with van der Waals surface area (Å²) in [5, 5.41) is 5.78. The molecule has 32 heavy (non-hydrogen) atoms. The summed E-state index contributed by atoms with van der Waals surface area (Å²) in [6, 6.07) is 12.4. The SMILES string of the molecule is CCCNC(=O)[C@H](NC(=O)c1ccc(C)cc1)C1CCN(C(=O)c2ccccc2F)CC1. The number of aryl methyl sites for hydroxylation is 1. The van der Waals surface area contributed by atoms with Gasteiger partial charge in [0, 0.05) is 25.2 Å². The summed E-state index contributed by atoms with van der Waals surface area (Å²) in [7, 11) is 0. The number of nitrogens with zero attached hydrogens (tertiary/aromatic N) is 1. The number of benzene rings is 2. The van der Waals surface area contributed by atoms with Crippen molar-refractivity contribution in [2.24, 2.45) is 5.92 Å². The van der Waals surface area contributed by atoms with E-state index in [-0.39, 0.29) is 29.2 Å². The number of carbonyl (C=O) groups is 3. The lowest BCUT2D eigenvalue weighted by Gasteiger charge is -2.36. The van der Waals surface area contributed by atoms with E-state index in [1.165, 1.54) is 12.1 Å². The van der Waals surface area contributed by atoms with Crippen LogP contribution in [-0.2, 0) is 4.79 Å². The summed E-state index contributed by atoms with van der Waals surface area (Å²) in [5.41, 5.74) is 1.60. The van der Waals surface area contributed by atoms with Crippen LogP contribution in [0.2, 0.25) is 0 Å². The topological polar surface area (TPSA) is 78.5 Å². The van der Waals surface area contributed by atoms with E-state index in [0.717, 1.165) is 12.0 Å². The molecule has 0 saturated carbocycles. The maximum Gasteiger partial charge on any atom is 0.256 e. The zero-order valence-electron chi connectivity index (χ0n) is 18.6. The minimum atomic E-state index is -0.693. The molecule has 1 saturated heterocycles. The van der Waals surface area contributed by atoms with E-state index in [1.54, 1.807) is 29.2 Å². The Morgan fingerprint density at radius 2 is 1.72 bits per heavy atom. The van der Waals surface area contributed by atoms with E-state index in [4.69, 9.17) is 0 Å². The van der Waals surface area contributed by atoms with Gasteiger partial charge in [-0.1, -0.05) is 36.8 Å². The van der Waals surface area contributed by atoms with Crippen LogP contribution in [0.4, 0.5) is 4.39 Å². The third kappa shape index (κ3) is 5.72. The molecule has 7 heteroatoms. The first kappa shape index (κ1) is 23.4. The maximum absolute atomic E-state index is 14.0. The highest BCUT2D eigenvalue weighted by Gasteiger charge is 2.34. The fraction of sp³-hybridized carbons (Fsp3) is 0.400. The number of hydrogen-bond donors (Lipinski definition) is 2. The smallest absolute Gasteiger partial charge is 0.256 e. The molecule has 0 spiro atoms. The monoisotopic (exact) mass is 439 g/mol. The Morgan fingerprint density at radius 1 is 1.06 bits per heavy atom. The molecule has 0 bridgehead atoms. The Kier molecular flexibility index (Phi) is 7.98. The van der Waals surface area contributed by atoms with Crippen molar-refractivity contribution < 1.29 is 18.8 Å². The third-order valence-corrected chi connectivity index (χ3v) is 5.83. The van der Waals surface area contributed by atoms with Crippen LogP contribution in [0.25, 0.3) is 0 Å². The van der Waals surface area contributed by atoms with E-state index in [0.29, 0.717) is 38.0 Å². The largest absolute Gasteiger partial charge is 0.354 e. The van der Waals surface area contributed by atoms with Gasteiger partial charge < -0.3 is 15.5 Å². The van der Waals surface area contributed by atoms with Crippen molar-refractivity contribution in [1.29, 1.82) is 0 Å². The second-order valence-electron chi connectivity index (χ2n) is 8.22. The molecule has 3 rings (SSSR count). The van der Waals surface area contributed by atoms with Crippen LogP contribution >= 0.6 is 0 Å². The number of carbonyl (C=O) groups excluding carboxylic acids is 3. The Morgan fingerprint density at radius 3 is 2.34 bits per heavy atom. The Labute approximate surface area is 188 Å². The van der Waals surface area contributed by atoms with E-state index < -0.39 is 11.9 Å². The van der Waals surface area contributed by atoms with Crippen molar-refractivity contribution in [3.63, 3.8) is 0 Å². The molecular formula is C25H30FN3O3. The minimum Gasteiger partial charge on any atom is -0.354 e. The summed E-state index contributed by atoms with van der Waals surface area (Å²) in [5.74, 6) is -1.53. The van der Waals surface area contributed by atoms with E-state index in [2.05, 4.69) is 10.6 Å². The van der Waals surface area contributed by atoms with Gasteiger partial charge in [0.1, 0.15) is 11.9 Å². The average molecular weight is 440 g/mol. The van der Waals surface area contributed by atoms with E-state index >= 15 is 0 Å². The second kappa shape index (κ2) is 10.9. The van der Waals surface area contributed by atoms with Gasteiger partial charge in [-0.05, 0) is 56.4 Å². The van der Waals surface area contributed by atoms with Gasteiger partial charge in [0.25, 0.3) is 11.8 Å². The third-order valence-electron chi connectivity index (χ3n) is 5.83. The molecule has 2 aromatic rings. The molecule has 6 nitrogen and oxygen atoms in total. The predicted octanol–water partition coefficient (Wildman–Crippen LogP) is 3.31. The van der Waals surface area contributed by atoms with Gasteiger partial charge >= 0.3 is 0 Å².